The van der Waals surface area contributed by atoms with Crippen LogP contribution in [-0.4, -0.2) is 51.1 Å². The van der Waals surface area contributed by atoms with E-state index in [1.807, 2.05) is 4.68 Å². The number of alkyl halides is 2. The molecule has 0 spiro atoms. The van der Waals surface area contributed by atoms with E-state index in [1.165, 1.54) is 6.07 Å². The molecule has 0 saturated carbocycles. The first-order chi connectivity index (χ1) is 16.5. The Balaban J connectivity index is 1.68. The molecule has 12 heteroatoms. The Labute approximate surface area is 200 Å². The first kappa shape index (κ1) is 24.8. The van der Waals surface area contributed by atoms with Crippen LogP contribution in [-0.2, 0) is 22.4 Å². The van der Waals surface area contributed by atoms with E-state index in [4.69, 9.17) is 14.2 Å². The molecule has 1 amide bonds. The Morgan fingerprint density at radius 2 is 2.00 bits per heavy atom. The molecule has 0 unspecified atom stereocenters. The van der Waals surface area contributed by atoms with Crippen molar-refractivity contribution in [3.8, 4) is 11.6 Å². The summed E-state index contributed by atoms with van der Waals surface area (Å²) in [5.41, 5.74) is -0.514. The van der Waals surface area contributed by atoms with Crippen molar-refractivity contribution in [3.05, 3.63) is 45.1 Å². The SMILES string of the molecule is CC(C)(C)OC(=O)N1CCc2c(c(Oc3ccc([N+](=O)[O-])c(C(F)F)c3)nn2C2CCOCC2)C1. The summed E-state index contributed by atoms with van der Waals surface area (Å²) in [7, 11) is 0. The van der Waals surface area contributed by atoms with Crippen LogP contribution in [0.2, 0.25) is 0 Å². The average Bonchev–Trinajstić information content (AvgIpc) is 3.16. The van der Waals surface area contributed by atoms with Gasteiger partial charge in [0, 0.05) is 37.9 Å². The van der Waals surface area contributed by atoms with Crippen molar-refractivity contribution in [1.29, 1.82) is 0 Å². The first-order valence-corrected chi connectivity index (χ1v) is 11.4. The maximum Gasteiger partial charge on any atom is 0.410 e. The van der Waals surface area contributed by atoms with E-state index >= 15 is 0 Å². The van der Waals surface area contributed by atoms with Gasteiger partial charge in [-0.2, -0.15) is 0 Å². The van der Waals surface area contributed by atoms with Gasteiger partial charge in [-0.15, -0.1) is 5.10 Å². The second-order valence-corrected chi connectivity index (χ2v) is 9.55. The molecule has 1 saturated heterocycles. The number of hydrogen-bond acceptors (Lipinski definition) is 7. The maximum atomic E-state index is 13.5. The van der Waals surface area contributed by atoms with Crippen molar-refractivity contribution in [2.45, 2.75) is 64.6 Å². The molecule has 35 heavy (non-hydrogen) atoms. The molecule has 190 valence electrons. The lowest BCUT2D eigenvalue weighted by molar-refractivity contribution is -0.386. The van der Waals surface area contributed by atoms with Crippen LogP contribution in [0.3, 0.4) is 0 Å². The molecule has 1 aromatic heterocycles. The van der Waals surface area contributed by atoms with Gasteiger partial charge in [0.25, 0.3) is 12.1 Å². The number of benzene rings is 1. The van der Waals surface area contributed by atoms with Gasteiger partial charge >= 0.3 is 6.09 Å². The van der Waals surface area contributed by atoms with Crippen LogP contribution in [0.1, 0.15) is 62.9 Å². The number of rotatable bonds is 5. The second-order valence-electron chi connectivity index (χ2n) is 9.55. The average molecular weight is 494 g/mol. The molecule has 3 heterocycles. The van der Waals surface area contributed by atoms with E-state index in [-0.39, 0.29) is 24.2 Å². The predicted molar refractivity (Wildman–Crippen MR) is 120 cm³/mol. The third kappa shape index (κ3) is 5.53. The summed E-state index contributed by atoms with van der Waals surface area (Å²) >= 11 is 0. The third-order valence-corrected chi connectivity index (χ3v) is 5.88. The fourth-order valence-corrected chi connectivity index (χ4v) is 4.26. The van der Waals surface area contributed by atoms with Crippen LogP contribution in [0.15, 0.2) is 18.2 Å². The molecule has 10 nitrogen and oxygen atoms in total. The Morgan fingerprint density at radius 1 is 1.29 bits per heavy atom. The number of nitrogens with zero attached hydrogens (tertiary/aromatic N) is 4. The van der Waals surface area contributed by atoms with E-state index in [0.717, 1.165) is 30.7 Å². The van der Waals surface area contributed by atoms with Gasteiger partial charge in [0.2, 0.25) is 5.88 Å². The number of amides is 1. The minimum Gasteiger partial charge on any atom is -0.444 e. The Hall–Kier alpha value is -3.28. The third-order valence-electron chi connectivity index (χ3n) is 5.88. The maximum absolute atomic E-state index is 13.5. The van der Waals surface area contributed by atoms with Gasteiger partial charge in [-0.25, -0.2) is 13.6 Å². The van der Waals surface area contributed by atoms with Gasteiger partial charge < -0.3 is 19.1 Å². The molecule has 0 aliphatic carbocycles. The molecule has 2 aliphatic rings. The van der Waals surface area contributed by atoms with Crippen molar-refractivity contribution in [2.24, 2.45) is 0 Å². The predicted octanol–water partition coefficient (Wildman–Crippen LogP) is 5.17. The van der Waals surface area contributed by atoms with Gasteiger partial charge in [-0.05, 0) is 45.7 Å². The van der Waals surface area contributed by atoms with E-state index in [9.17, 15) is 23.7 Å². The highest BCUT2D eigenvalue weighted by molar-refractivity contribution is 5.69. The smallest absolute Gasteiger partial charge is 0.410 e. The van der Waals surface area contributed by atoms with Crippen molar-refractivity contribution in [3.63, 3.8) is 0 Å². The van der Waals surface area contributed by atoms with Crippen molar-refractivity contribution >= 4 is 11.8 Å². The van der Waals surface area contributed by atoms with Gasteiger partial charge in [-0.3, -0.25) is 14.8 Å². The van der Waals surface area contributed by atoms with Crippen LogP contribution in [0.5, 0.6) is 11.6 Å². The number of fused-ring (bicyclic) bond motifs is 1. The molecule has 4 rings (SSSR count). The second kappa shape index (κ2) is 9.76. The number of nitro groups is 1. The molecule has 1 aromatic carbocycles. The molecule has 2 aromatic rings. The summed E-state index contributed by atoms with van der Waals surface area (Å²) in [6, 6.07) is 3.29. The Morgan fingerprint density at radius 3 is 2.63 bits per heavy atom. The van der Waals surface area contributed by atoms with Crippen molar-refractivity contribution < 1.29 is 32.7 Å². The van der Waals surface area contributed by atoms with E-state index in [1.54, 1.807) is 25.7 Å². The topological polar surface area (TPSA) is 109 Å². The van der Waals surface area contributed by atoms with Crippen molar-refractivity contribution in [2.75, 3.05) is 19.8 Å². The molecule has 0 bridgehead atoms. The number of carbonyl (C=O) groups excluding carboxylic acids is 1. The lowest BCUT2D eigenvalue weighted by Crippen LogP contribution is -2.40. The van der Waals surface area contributed by atoms with Gasteiger partial charge in [-0.1, -0.05) is 0 Å². The highest BCUT2D eigenvalue weighted by Crippen LogP contribution is 2.38. The van der Waals surface area contributed by atoms with E-state index in [2.05, 4.69) is 5.10 Å². The zero-order valence-corrected chi connectivity index (χ0v) is 19.8. The summed E-state index contributed by atoms with van der Waals surface area (Å²) < 4.78 is 45.7. The number of nitro benzene ring substituents is 1. The highest BCUT2D eigenvalue weighted by atomic mass is 19.3. The van der Waals surface area contributed by atoms with Crippen LogP contribution in [0.4, 0.5) is 19.3 Å². The monoisotopic (exact) mass is 494 g/mol. The summed E-state index contributed by atoms with van der Waals surface area (Å²) in [5.74, 6) is 0.175. The summed E-state index contributed by atoms with van der Waals surface area (Å²) in [5, 5.41) is 15.8. The number of hydrogen-bond donors (Lipinski definition) is 0. The Bertz CT molecular complexity index is 1110. The normalized spacial score (nSPS) is 16.8. The standard InChI is InChI=1S/C23H28F2N4O6/c1-23(2,3)35-22(30)27-9-6-18-17(13-27)21(26-28(18)14-7-10-33-11-8-14)34-15-4-5-19(29(31)32)16(12-15)20(24)25/h4-5,12,14,20H,6-11,13H2,1-3H3. The zero-order valence-electron chi connectivity index (χ0n) is 19.8. The molecular formula is C23H28F2N4O6. The number of halogens is 2. The van der Waals surface area contributed by atoms with Crippen molar-refractivity contribution in [1.82, 2.24) is 14.7 Å². The largest absolute Gasteiger partial charge is 0.444 e. The number of ether oxygens (including phenoxy) is 3. The minimum absolute atomic E-state index is 0.000260. The van der Waals surface area contributed by atoms with Gasteiger partial charge in [0.15, 0.2) is 0 Å². The number of aromatic nitrogens is 2. The number of carbonyl (C=O) groups is 1. The zero-order chi connectivity index (χ0) is 25.3. The van der Waals surface area contributed by atoms with E-state index < -0.39 is 34.3 Å². The molecule has 0 atom stereocenters. The van der Waals surface area contributed by atoms with Gasteiger partial charge in [0.05, 0.1) is 28.6 Å². The molecule has 1 fully saturated rings. The molecule has 0 N–H and O–H groups in total. The lowest BCUT2D eigenvalue weighted by Gasteiger charge is -2.31. The lowest BCUT2D eigenvalue weighted by atomic mass is 10.1. The van der Waals surface area contributed by atoms with Gasteiger partial charge in [0.1, 0.15) is 11.4 Å². The molecule has 0 radical (unpaired) electrons. The van der Waals surface area contributed by atoms with Crippen LogP contribution in [0, 0.1) is 10.1 Å². The minimum atomic E-state index is -3.05. The fourth-order valence-electron chi connectivity index (χ4n) is 4.26. The Kier molecular flexibility index (Phi) is 6.93. The summed E-state index contributed by atoms with van der Waals surface area (Å²) in [6.07, 6.45) is -1.48. The summed E-state index contributed by atoms with van der Waals surface area (Å²) in [4.78, 5) is 24.5. The van der Waals surface area contributed by atoms with Crippen LogP contribution < -0.4 is 4.74 Å². The van der Waals surface area contributed by atoms with Crippen LogP contribution >= 0.6 is 0 Å². The van der Waals surface area contributed by atoms with E-state index in [0.29, 0.717) is 31.7 Å². The highest BCUT2D eigenvalue weighted by Gasteiger charge is 2.33. The summed E-state index contributed by atoms with van der Waals surface area (Å²) in [6.45, 7) is 7.16. The first-order valence-electron chi connectivity index (χ1n) is 11.4. The molecule has 2 aliphatic heterocycles. The van der Waals surface area contributed by atoms with Crippen LogP contribution in [0.25, 0.3) is 0 Å². The molecular weight excluding hydrogens is 466 g/mol. The fraction of sp³-hybridized carbons (Fsp3) is 0.565. The quantitative estimate of drug-likeness (QED) is 0.417.